The van der Waals surface area contributed by atoms with Crippen LogP contribution in [-0.4, -0.2) is 60.5 Å². The first-order chi connectivity index (χ1) is 12.7. The normalized spacial score (nSPS) is 20.2. The molecule has 0 amide bonds. The zero-order chi connectivity index (χ0) is 17.9. The number of hydrogen-bond acceptors (Lipinski definition) is 5. The fourth-order valence-electron chi connectivity index (χ4n) is 4.09. The maximum Gasteiger partial charge on any atom is 0.171 e. The quantitative estimate of drug-likeness (QED) is 0.725. The van der Waals surface area contributed by atoms with E-state index in [1.807, 2.05) is 30.3 Å². The van der Waals surface area contributed by atoms with E-state index in [1.165, 1.54) is 0 Å². The van der Waals surface area contributed by atoms with Gasteiger partial charge in [0.15, 0.2) is 5.78 Å². The summed E-state index contributed by atoms with van der Waals surface area (Å²) in [4.78, 5) is 18.0. The lowest BCUT2D eigenvalue weighted by molar-refractivity contribution is 0.0881. The Morgan fingerprint density at radius 1 is 1.11 bits per heavy atom. The lowest BCUT2D eigenvalue weighted by Gasteiger charge is -2.32. The number of aryl methyl sites for hydroxylation is 1. The summed E-state index contributed by atoms with van der Waals surface area (Å²) in [6, 6.07) is 9.89. The number of hydrogen-bond donors (Lipinski definition) is 0. The second kappa shape index (κ2) is 10.4. The summed E-state index contributed by atoms with van der Waals surface area (Å²) < 4.78 is 5.49. The summed E-state index contributed by atoms with van der Waals surface area (Å²) in [5.74, 6) is 1.10. The van der Waals surface area contributed by atoms with Gasteiger partial charge in [0.1, 0.15) is 11.5 Å². The minimum absolute atomic E-state index is 0. The van der Waals surface area contributed by atoms with Crippen molar-refractivity contribution in [3.05, 3.63) is 41.7 Å². The van der Waals surface area contributed by atoms with Crippen molar-refractivity contribution in [3.63, 3.8) is 0 Å². The number of likely N-dealkylation sites (N-methyl/N-ethyl adjacent to an activating group) is 1. The highest BCUT2D eigenvalue weighted by atomic mass is 35.5. The monoisotopic (exact) mass is 425 g/mol. The first-order valence-electron chi connectivity index (χ1n) is 9.71. The first-order valence-corrected chi connectivity index (χ1v) is 9.71. The van der Waals surface area contributed by atoms with Gasteiger partial charge < -0.3 is 14.3 Å². The van der Waals surface area contributed by atoms with Crippen LogP contribution >= 0.6 is 24.8 Å². The van der Waals surface area contributed by atoms with Crippen molar-refractivity contribution in [2.75, 3.05) is 39.8 Å². The van der Waals surface area contributed by atoms with E-state index in [0.717, 1.165) is 81.0 Å². The van der Waals surface area contributed by atoms with Crippen LogP contribution in [0.5, 0.6) is 0 Å². The smallest absolute Gasteiger partial charge is 0.171 e. The molecule has 28 heavy (non-hydrogen) atoms. The molecule has 2 aromatic rings. The molecule has 4 rings (SSSR count). The minimum atomic E-state index is 0. The fourth-order valence-corrected chi connectivity index (χ4v) is 4.09. The highest BCUT2D eigenvalue weighted by molar-refractivity contribution is 6.04. The van der Waals surface area contributed by atoms with E-state index in [9.17, 15) is 4.79 Å². The standard InChI is InChI=1S/C21H27N3O2.2ClH/c1-23-12-14-24(15-13-23)11-5-8-17-9-10-18-19(21(17)25)20(22-26-18)16-6-3-2-4-7-16;;/h2-4,6-7,17H,5,8-15H2,1H3;2*1H. The van der Waals surface area contributed by atoms with Crippen molar-refractivity contribution in [1.29, 1.82) is 0 Å². The number of piperazine rings is 1. The Hall–Kier alpha value is -1.40. The van der Waals surface area contributed by atoms with E-state index in [4.69, 9.17) is 4.52 Å². The molecule has 1 fully saturated rings. The third-order valence-corrected chi connectivity index (χ3v) is 5.77. The molecule has 1 saturated heterocycles. The number of rotatable bonds is 5. The molecule has 0 saturated carbocycles. The molecule has 1 aromatic heterocycles. The Bertz CT molecular complexity index is 758. The molecule has 0 radical (unpaired) electrons. The van der Waals surface area contributed by atoms with Crippen molar-refractivity contribution >= 4 is 30.6 Å². The molecule has 1 atom stereocenters. The summed E-state index contributed by atoms with van der Waals surface area (Å²) in [5, 5.41) is 4.21. The predicted octanol–water partition coefficient (Wildman–Crippen LogP) is 3.96. The Labute approximate surface area is 179 Å². The first kappa shape index (κ1) is 22.9. The van der Waals surface area contributed by atoms with Crippen LogP contribution in [0.3, 0.4) is 0 Å². The van der Waals surface area contributed by atoms with Gasteiger partial charge in [0, 0.05) is 44.1 Å². The molecule has 0 N–H and O–H groups in total. The van der Waals surface area contributed by atoms with Crippen LogP contribution in [0.25, 0.3) is 11.3 Å². The minimum Gasteiger partial charge on any atom is -0.360 e. The number of ketones is 1. The van der Waals surface area contributed by atoms with Crippen LogP contribution in [0.4, 0.5) is 0 Å². The van der Waals surface area contributed by atoms with Crippen molar-refractivity contribution in [1.82, 2.24) is 15.0 Å². The fraction of sp³-hybridized carbons (Fsp3) is 0.524. The highest BCUT2D eigenvalue weighted by Gasteiger charge is 2.33. The zero-order valence-corrected chi connectivity index (χ0v) is 17.9. The maximum absolute atomic E-state index is 13.1. The largest absolute Gasteiger partial charge is 0.360 e. The number of Topliss-reactive ketones (excluding diaryl/α,β-unsaturated/α-hetero) is 1. The molecular formula is C21H29Cl2N3O2. The van der Waals surface area contributed by atoms with E-state index in [-0.39, 0.29) is 36.5 Å². The van der Waals surface area contributed by atoms with Crippen LogP contribution in [0.2, 0.25) is 0 Å². The van der Waals surface area contributed by atoms with Gasteiger partial charge in [0.05, 0.1) is 5.56 Å². The Balaban J connectivity index is 0.00000140. The SMILES string of the molecule is CN1CCN(CCCC2CCc3onc(-c4ccccc4)c3C2=O)CC1.Cl.Cl. The number of benzene rings is 1. The number of fused-ring (bicyclic) bond motifs is 1. The highest BCUT2D eigenvalue weighted by Crippen LogP contribution is 2.35. The Morgan fingerprint density at radius 3 is 2.54 bits per heavy atom. The van der Waals surface area contributed by atoms with Gasteiger partial charge >= 0.3 is 0 Å². The second-order valence-electron chi connectivity index (χ2n) is 7.58. The molecule has 1 aliphatic carbocycles. The van der Waals surface area contributed by atoms with Gasteiger partial charge in [-0.2, -0.15) is 0 Å². The maximum atomic E-state index is 13.1. The Morgan fingerprint density at radius 2 is 1.82 bits per heavy atom. The summed E-state index contributed by atoms with van der Waals surface area (Å²) in [5.41, 5.74) is 2.41. The molecule has 2 heterocycles. The van der Waals surface area contributed by atoms with Gasteiger partial charge in [0.2, 0.25) is 0 Å². The number of aromatic nitrogens is 1. The molecule has 2 aliphatic rings. The molecule has 0 bridgehead atoms. The molecule has 1 aliphatic heterocycles. The van der Waals surface area contributed by atoms with Crippen molar-refractivity contribution in [2.45, 2.75) is 25.7 Å². The van der Waals surface area contributed by atoms with Crippen molar-refractivity contribution in [2.24, 2.45) is 5.92 Å². The molecule has 154 valence electrons. The summed E-state index contributed by atoms with van der Waals surface area (Å²) in [6.07, 6.45) is 3.75. The molecular weight excluding hydrogens is 397 g/mol. The van der Waals surface area contributed by atoms with Crippen LogP contribution in [0.15, 0.2) is 34.9 Å². The van der Waals surface area contributed by atoms with Crippen LogP contribution < -0.4 is 0 Å². The Kier molecular flexibility index (Phi) is 8.50. The molecule has 7 heteroatoms. The molecule has 1 unspecified atom stereocenters. The van der Waals surface area contributed by atoms with Crippen LogP contribution in [0, 0.1) is 5.92 Å². The van der Waals surface area contributed by atoms with Crippen LogP contribution in [-0.2, 0) is 6.42 Å². The van der Waals surface area contributed by atoms with E-state index in [1.54, 1.807) is 0 Å². The average Bonchev–Trinajstić information content (AvgIpc) is 3.11. The molecule has 0 spiro atoms. The third-order valence-electron chi connectivity index (χ3n) is 5.77. The molecule has 1 aromatic carbocycles. The van der Waals surface area contributed by atoms with Crippen LogP contribution in [0.1, 0.15) is 35.4 Å². The summed E-state index contributed by atoms with van der Waals surface area (Å²) >= 11 is 0. The van der Waals surface area contributed by atoms with Gasteiger partial charge in [0.25, 0.3) is 0 Å². The lowest BCUT2D eigenvalue weighted by Crippen LogP contribution is -2.44. The van der Waals surface area contributed by atoms with E-state index in [2.05, 4.69) is 22.0 Å². The van der Waals surface area contributed by atoms with Gasteiger partial charge in [-0.3, -0.25) is 4.79 Å². The van der Waals surface area contributed by atoms with Crippen molar-refractivity contribution < 1.29 is 9.32 Å². The average molecular weight is 426 g/mol. The third kappa shape index (κ3) is 4.95. The van der Waals surface area contributed by atoms with Gasteiger partial charge in [-0.1, -0.05) is 35.5 Å². The zero-order valence-electron chi connectivity index (χ0n) is 16.3. The topological polar surface area (TPSA) is 49.6 Å². The number of carbonyl (C=O) groups is 1. The van der Waals surface area contributed by atoms with E-state index < -0.39 is 0 Å². The summed E-state index contributed by atoms with van der Waals surface area (Å²) in [6.45, 7) is 5.67. The summed E-state index contributed by atoms with van der Waals surface area (Å²) in [7, 11) is 2.18. The predicted molar refractivity (Wildman–Crippen MR) is 116 cm³/mol. The van der Waals surface area contributed by atoms with E-state index >= 15 is 0 Å². The second-order valence-corrected chi connectivity index (χ2v) is 7.58. The lowest BCUT2D eigenvalue weighted by atomic mass is 9.82. The van der Waals surface area contributed by atoms with Crippen molar-refractivity contribution in [3.8, 4) is 11.3 Å². The van der Waals surface area contributed by atoms with Gasteiger partial charge in [-0.15, -0.1) is 24.8 Å². The number of halogens is 2. The van der Waals surface area contributed by atoms with Gasteiger partial charge in [-0.25, -0.2) is 0 Å². The van der Waals surface area contributed by atoms with E-state index in [0.29, 0.717) is 0 Å². The number of carbonyl (C=O) groups excluding carboxylic acids is 1. The number of nitrogens with zero attached hydrogens (tertiary/aromatic N) is 3. The molecule has 5 nitrogen and oxygen atoms in total. The van der Waals surface area contributed by atoms with Gasteiger partial charge in [-0.05, 0) is 32.9 Å².